The number of aliphatic carboxylic acids is 1. The molecule has 7 heteroatoms. The van der Waals surface area contributed by atoms with E-state index in [9.17, 15) is 14.4 Å². The first-order valence-corrected chi connectivity index (χ1v) is 7.50. The van der Waals surface area contributed by atoms with Crippen LogP contribution in [0.3, 0.4) is 0 Å². The van der Waals surface area contributed by atoms with Crippen molar-refractivity contribution in [1.82, 2.24) is 10.2 Å². The number of nitrogens with zero attached hydrogens (tertiary/aromatic N) is 1. The smallest absolute Gasteiger partial charge is 0.327 e. The minimum Gasteiger partial charge on any atom is -0.480 e. The quantitative estimate of drug-likeness (QED) is 0.429. The van der Waals surface area contributed by atoms with Crippen LogP contribution in [0.15, 0.2) is 0 Å². The van der Waals surface area contributed by atoms with Crippen LogP contribution in [0.4, 0.5) is 0 Å². The van der Waals surface area contributed by atoms with Gasteiger partial charge >= 0.3 is 5.97 Å². The van der Waals surface area contributed by atoms with Gasteiger partial charge < -0.3 is 15.3 Å². The Kier molecular flexibility index (Phi) is 9.97. The molecule has 0 saturated heterocycles. The van der Waals surface area contributed by atoms with Crippen LogP contribution in [-0.4, -0.2) is 58.9 Å². The number of carbonyl (C=O) groups is 3. The molecule has 0 fully saturated rings. The van der Waals surface area contributed by atoms with Gasteiger partial charge in [0.15, 0.2) is 0 Å². The van der Waals surface area contributed by atoms with Gasteiger partial charge in [0.2, 0.25) is 12.3 Å². The van der Waals surface area contributed by atoms with Crippen LogP contribution < -0.4 is 5.32 Å². The number of hydrogen-bond donors (Lipinski definition) is 2. The average molecular weight is 290 g/mol. The summed E-state index contributed by atoms with van der Waals surface area (Å²) >= 11 is 1.43. The molecule has 0 radical (unpaired) electrons. The number of thioether (sulfide) groups is 1. The number of carbonyl (C=O) groups excluding carboxylic acids is 2. The van der Waals surface area contributed by atoms with Gasteiger partial charge in [-0.25, -0.2) is 4.79 Å². The number of carboxylic acids is 1. The summed E-state index contributed by atoms with van der Waals surface area (Å²) in [6.45, 7) is 5.32. The Morgan fingerprint density at radius 3 is 2.47 bits per heavy atom. The van der Waals surface area contributed by atoms with E-state index >= 15 is 0 Å². The van der Waals surface area contributed by atoms with E-state index in [0.29, 0.717) is 43.8 Å². The topological polar surface area (TPSA) is 86.7 Å². The number of carboxylic acid groups (broad SMARTS) is 1. The second-order valence-electron chi connectivity index (χ2n) is 3.92. The molecule has 2 N–H and O–H groups in total. The second kappa shape index (κ2) is 10.7. The van der Waals surface area contributed by atoms with E-state index in [1.165, 1.54) is 11.8 Å². The Balaban J connectivity index is 3.77. The lowest BCUT2D eigenvalue weighted by Gasteiger charge is -2.18. The first-order chi connectivity index (χ1) is 9.06. The lowest BCUT2D eigenvalue weighted by molar-refractivity contribution is -0.139. The third-order valence-corrected chi connectivity index (χ3v) is 3.79. The Labute approximate surface area is 117 Å². The molecular formula is C12H22N2O4S. The highest BCUT2D eigenvalue weighted by Crippen LogP contribution is 2.08. The molecule has 0 aromatic heterocycles. The van der Waals surface area contributed by atoms with Gasteiger partial charge in [0.25, 0.3) is 0 Å². The molecule has 0 aromatic carbocycles. The molecule has 0 saturated carbocycles. The zero-order chi connectivity index (χ0) is 14.7. The zero-order valence-electron chi connectivity index (χ0n) is 11.4. The molecule has 0 heterocycles. The van der Waals surface area contributed by atoms with E-state index in [4.69, 9.17) is 5.11 Å². The molecule has 1 atom stereocenters. The van der Waals surface area contributed by atoms with Crippen molar-refractivity contribution in [3.8, 4) is 0 Å². The van der Waals surface area contributed by atoms with Gasteiger partial charge in [-0.1, -0.05) is 0 Å². The van der Waals surface area contributed by atoms with Gasteiger partial charge in [-0.2, -0.15) is 11.8 Å². The lowest BCUT2D eigenvalue weighted by atomic mass is 10.3. The van der Waals surface area contributed by atoms with E-state index in [0.717, 1.165) is 0 Å². The van der Waals surface area contributed by atoms with Crippen molar-refractivity contribution in [2.45, 2.75) is 32.7 Å². The molecule has 19 heavy (non-hydrogen) atoms. The fraction of sp³-hybridized carbons (Fsp3) is 0.750. The molecule has 2 amide bonds. The molecule has 0 spiro atoms. The molecule has 6 nitrogen and oxygen atoms in total. The van der Waals surface area contributed by atoms with E-state index in [1.54, 1.807) is 4.90 Å². The normalized spacial score (nSPS) is 11.7. The summed E-state index contributed by atoms with van der Waals surface area (Å²) < 4.78 is 0. The molecule has 0 aliphatic carbocycles. The van der Waals surface area contributed by atoms with Crippen LogP contribution in [-0.2, 0) is 14.4 Å². The van der Waals surface area contributed by atoms with Crippen LogP contribution in [0, 0.1) is 0 Å². The Bertz CT molecular complexity index is 295. The van der Waals surface area contributed by atoms with Crippen molar-refractivity contribution in [3.63, 3.8) is 0 Å². The number of amides is 2. The minimum atomic E-state index is -1.04. The summed E-state index contributed by atoms with van der Waals surface area (Å²) in [5.41, 5.74) is 0. The van der Waals surface area contributed by atoms with Crippen molar-refractivity contribution in [1.29, 1.82) is 0 Å². The van der Waals surface area contributed by atoms with Gasteiger partial charge in [0.1, 0.15) is 6.04 Å². The van der Waals surface area contributed by atoms with Gasteiger partial charge in [0, 0.05) is 25.3 Å². The largest absolute Gasteiger partial charge is 0.480 e. The maximum atomic E-state index is 11.7. The summed E-state index contributed by atoms with van der Waals surface area (Å²) in [5, 5.41) is 11.0. The summed E-state index contributed by atoms with van der Waals surface area (Å²) in [4.78, 5) is 34.4. The maximum absolute atomic E-state index is 11.7. The van der Waals surface area contributed by atoms with E-state index < -0.39 is 12.0 Å². The maximum Gasteiger partial charge on any atom is 0.327 e. The molecule has 0 aromatic rings. The van der Waals surface area contributed by atoms with Crippen molar-refractivity contribution in [3.05, 3.63) is 0 Å². The second-order valence-corrected chi connectivity index (χ2v) is 5.07. The van der Waals surface area contributed by atoms with Crippen LogP contribution >= 0.6 is 11.8 Å². The van der Waals surface area contributed by atoms with Crippen molar-refractivity contribution in [2.75, 3.05) is 24.6 Å². The lowest BCUT2D eigenvalue weighted by Crippen LogP contribution is -2.37. The molecular weight excluding hydrogens is 268 g/mol. The average Bonchev–Trinajstić information content (AvgIpc) is 2.38. The summed E-state index contributed by atoms with van der Waals surface area (Å²) in [6.07, 6.45) is 1.59. The van der Waals surface area contributed by atoms with Crippen LogP contribution in [0.5, 0.6) is 0 Å². The highest BCUT2D eigenvalue weighted by atomic mass is 32.2. The fourth-order valence-electron chi connectivity index (χ4n) is 1.53. The van der Waals surface area contributed by atoms with E-state index in [1.807, 2.05) is 13.8 Å². The predicted molar refractivity (Wildman–Crippen MR) is 75.1 cm³/mol. The summed E-state index contributed by atoms with van der Waals surface area (Å²) in [6, 6.07) is -0.860. The first kappa shape index (κ1) is 17.8. The number of hydrogen-bond acceptors (Lipinski definition) is 4. The molecule has 1 unspecified atom stereocenters. The van der Waals surface area contributed by atoms with Crippen LogP contribution in [0.2, 0.25) is 0 Å². The number of rotatable bonds is 11. The summed E-state index contributed by atoms with van der Waals surface area (Å²) in [7, 11) is 0. The van der Waals surface area contributed by atoms with E-state index in [2.05, 4.69) is 5.32 Å². The van der Waals surface area contributed by atoms with Crippen molar-refractivity contribution in [2.24, 2.45) is 0 Å². The van der Waals surface area contributed by atoms with Gasteiger partial charge in [-0.05, 0) is 26.0 Å². The standard InChI is InChI=1S/C12H22N2O4S/c1-3-14(4-2)11(16)6-5-7-19-8-10(12(17)18)13-9-15/h9-10H,3-8H2,1-2H3,(H,13,15)(H,17,18). The van der Waals surface area contributed by atoms with Gasteiger partial charge in [0.05, 0.1) is 0 Å². The third kappa shape index (κ3) is 7.71. The Morgan fingerprint density at radius 2 is 2.00 bits per heavy atom. The van der Waals surface area contributed by atoms with Crippen LogP contribution in [0.25, 0.3) is 0 Å². The molecule has 0 aliphatic rings. The van der Waals surface area contributed by atoms with Gasteiger partial charge in [-0.15, -0.1) is 0 Å². The van der Waals surface area contributed by atoms with Gasteiger partial charge in [-0.3, -0.25) is 9.59 Å². The van der Waals surface area contributed by atoms with Crippen molar-refractivity contribution >= 4 is 30.0 Å². The third-order valence-electron chi connectivity index (χ3n) is 2.65. The molecule has 110 valence electrons. The van der Waals surface area contributed by atoms with E-state index in [-0.39, 0.29) is 5.91 Å². The molecule has 0 rings (SSSR count). The Hall–Kier alpha value is -1.24. The zero-order valence-corrected chi connectivity index (χ0v) is 12.2. The molecule has 0 bridgehead atoms. The Morgan fingerprint density at radius 1 is 1.37 bits per heavy atom. The van der Waals surface area contributed by atoms with Crippen LogP contribution in [0.1, 0.15) is 26.7 Å². The number of nitrogens with one attached hydrogen (secondary N) is 1. The monoisotopic (exact) mass is 290 g/mol. The fourth-order valence-corrected chi connectivity index (χ4v) is 2.52. The first-order valence-electron chi connectivity index (χ1n) is 6.34. The minimum absolute atomic E-state index is 0.131. The SMILES string of the molecule is CCN(CC)C(=O)CCCSCC(NC=O)C(=O)O. The highest BCUT2D eigenvalue weighted by molar-refractivity contribution is 7.99. The summed E-state index contributed by atoms with van der Waals surface area (Å²) in [5.74, 6) is 0.107. The predicted octanol–water partition coefficient (Wildman–Crippen LogP) is 0.567. The molecule has 0 aliphatic heterocycles. The van der Waals surface area contributed by atoms with Crippen molar-refractivity contribution < 1.29 is 19.5 Å². The highest BCUT2D eigenvalue weighted by Gasteiger charge is 2.15.